The molecule has 0 radical (unpaired) electrons. The van der Waals surface area contributed by atoms with Gasteiger partial charge in [-0.1, -0.05) is 6.07 Å². The van der Waals surface area contributed by atoms with Gasteiger partial charge in [0.15, 0.2) is 0 Å². The predicted molar refractivity (Wildman–Crippen MR) is 121 cm³/mol. The highest BCUT2D eigenvalue weighted by atomic mass is 16.5. The van der Waals surface area contributed by atoms with Crippen molar-refractivity contribution in [3.05, 3.63) is 78.6 Å². The summed E-state index contributed by atoms with van der Waals surface area (Å²) in [6, 6.07) is 15.5. The van der Waals surface area contributed by atoms with Gasteiger partial charge in [-0.05, 0) is 50.2 Å². The molecule has 0 aliphatic heterocycles. The minimum Gasteiger partial charge on any atom is -0.497 e. The third kappa shape index (κ3) is 5.01. The molecule has 32 heavy (non-hydrogen) atoms. The molecule has 9 heteroatoms. The van der Waals surface area contributed by atoms with E-state index in [1.54, 1.807) is 74.8 Å². The Morgan fingerprint density at radius 1 is 0.938 bits per heavy atom. The second-order valence-electron chi connectivity index (χ2n) is 6.89. The second-order valence-corrected chi connectivity index (χ2v) is 6.89. The molecular formula is C23H22N6O3. The lowest BCUT2D eigenvalue weighted by Crippen LogP contribution is -2.19. The van der Waals surface area contributed by atoms with Crippen LogP contribution in [0.1, 0.15) is 11.6 Å². The fraction of sp³-hybridized carbons (Fsp3) is 0.130. The van der Waals surface area contributed by atoms with Gasteiger partial charge >= 0.3 is 6.03 Å². The van der Waals surface area contributed by atoms with Gasteiger partial charge < -0.3 is 20.1 Å². The Morgan fingerprint density at radius 2 is 1.72 bits per heavy atom. The van der Waals surface area contributed by atoms with Crippen LogP contribution in [0.2, 0.25) is 0 Å². The lowest BCUT2D eigenvalue weighted by molar-refractivity contribution is 0.262. The molecule has 0 spiro atoms. The quantitative estimate of drug-likeness (QED) is 0.459. The first-order valence-corrected chi connectivity index (χ1v) is 9.86. The van der Waals surface area contributed by atoms with E-state index in [1.165, 1.54) is 0 Å². The average molecular weight is 430 g/mol. The van der Waals surface area contributed by atoms with Crippen molar-refractivity contribution < 1.29 is 14.3 Å². The first-order valence-electron chi connectivity index (χ1n) is 9.86. The predicted octanol–water partition coefficient (Wildman–Crippen LogP) is 4.72. The van der Waals surface area contributed by atoms with Crippen LogP contribution >= 0.6 is 0 Å². The van der Waals surface area contributed by atoms with E-state index in [-0.39, 0.29) is 6.03 Å². The summed E-state index contributed by atoms with van der Waals surface area (Å²) in [5.41, 5.74) is 1.25. The maximum atomic E-state index is 12.3. The van der Waals surface area contributed by atoms with Crippen molar-refractivity contribution in [1.29, 1.82) is 0 Å². The van der Waals surface area contributed by atoms with E-state index in [0.29, 0.717) is 40.4 Å². The van der Waals surface area contributed by atoms with Crippen LogP contribution in [0.15, 0.2) is 67.0 Å². The molecule has 4 rings (SSSR count). The molecule has 0 fully saturated rings. The molecule has 2 N–H and O–H groups in total. The van der Waals surface area contributed by atoms with Crippen molar-refractivity contribution in [3.63, 3.8) is 0 Å². The second kappa shape index (κ2) is 9.17. The Balaban J connectivity index is 1.41. The van der Waals surface area contributed by atoms with Gasteiger partial charge in [0.05, 0.1) is 7.11 Å². The standard InChI is InChI=1S/C23H22N6O3/c1-15-25-21(29-12-11-24-16(29)2)14-22(26-15)32-19-9-7-17(8-10-19)27-23(30)28-18-5-4-6-20(13-18)31-3/h4-14H,1-3H3,(H2,27,28,30). The van der Waals surface area contributed by atoms with E-state index in [4.69, 9.17) is 9.47 Å². The van der Waals surface area contributed by atoms with Crippen LogP contribution < -0.4 is 20.1 Å². The first-order chi connectivity index (χ1) is 15.5. The first kappa shape index (κ1) is 20.9. The molecular weight excluding hydrogens is 408 g/mol. The molecule has 0 atom stereocenters. The van der Waals surface area contributed by atoms with Crippen molar-refractivity contribution in [2.75, 3.05) is 17.7 Å². The molecule has 0 bridgehead atoms. The van der Waals surface area contributed by atoms with Crippen LogP contribution in [0.5, 0.6) is 17.4 Å². The fourth-order valence-corrected chi connectivity index (χ4v) is 3.04. The fourth-order valence-electron chi connectivity index (χ4n) is 3.04. The van der Waals surface area contributed by atoms with Crippen LogP contribution in [0, 0.1) is 13.8 Å². The van der Waals surface area contributed by atoms with Gasteiger partial charge in [0, 0.05) is 35.9 Å². The van der Waals surface area contributed by atoms with Gasteiger partial charge in [-0.15, -0.1) is 0 Å². The highest BCUT2D eigenvalue weighted by molar-refractivity contribution is 5.99. The number of benzene rings is 2. The molecule has 0 aliphatic carbocycles. The number of aryl methyl sites for hydroxylation is 2. The third-order valence-electron chi connectivity index (χ3n) is 4.54. The summed E-state index contributed by atoms with van der Waals surface area (Å²) < 4.78 is 12.9. The van der Waals surface area contributed by atoms with E-state index in [0.717, 1.165) is 5.82 Å². The van der Waals surface area contributed by atoms with Crippen LogP contribution in [-0.4, -0.2) is 32.7 Å². The van der Waals surface area contributed by atoms with Crippen molar-refractivity contribution in [1.82, 2.24) is 19.5 Å². The van der Waals surface area contributed by atoms with E-state index < -0.39 is 0 Å². The molecule has 0 saturated carbocycles. The average Bonchev–Trinajstić information content (AvgIpc) is 3.21. The number of imidazole rings is 1. The van der Waals surface area contributed by atoms with Crippen molar-refractivity contribution in [3.8, 4) is 23.2 Å². The van der Waals surface area contributed by atoms with Gasteiger partial charge in [0.25, 0.3) is 0 Å². The van der Waals surface area contributed by atoms with E-state index in [9.17, 15) is 4.79 Å². The molecule has 2 aromatic heterocycles. The number of urea groups is 1. The van der Waals surface area contributed by atoms with Gasteiger partial charge in [-0.25, -0.2) is 14.8 Å². The summed E-state index contributed by atoms with van der Waals surface area (Å²) in [5.74, 6) is 3.73. The van der Waals surface area contributed by atoms with Crippen LogP contribution in [-0.2, 0) is 0 Å². The molecule has 9 nitrogen and oxygen atoms in total. The molecule has 0 saturated heterocycles. The molecule has 0 unspecified atom stereocenters. The minimum atomic E-state index is -0.362. The maximum Gasteiger partial charge on any atom is 0.323 e. The van der Waals surface area contributed by atoms with Crippen LogP contribution in [0.3, 0.4) is 0 Å². The van der Waals surface area contributed by atoms with Gasteiger partial charge in [-0.3, -0.25) is 4.57 Å². The number of hydrogen-bond acceptors (Lipinski definition) is 6. The zero-order chi connectivity index (χ0) is 22.5. The monoisotopic (exact) mass is 430 g/mol. The van der Waals surface area contributed by atoms with Crippen molar-refractivity contribution in [2.45, 2.75) is 13.8 Å². The maximum absolute atomic E-state index is 12.3. The Labute approximate surface area is 185 Å². The molecule has 0 aliphatic rings. The Bertz CT molecular complexity index is 1240. The van der Waals surface area contributed by atoms with Gasteiger partial charge in [0.1, 0.15) is 29.0 Å². The zero-order valence-electron chi connectivity index (χ0n) is 17.9. The number of hydrogen-bond donors (Lipinski definition) is 2. The van der Waals surface area contributed by atoms with Crippen molar-refractivity contribution in [2.24, 2.45) is 0 Å². The van der Waals surface area contributed by atoms with E-state index in [1.807, 2.05) is 17.7 Å². The Hall–Kier alpha value is -4.40. The van der Waals surface area contributed by atoms with Gasteiger partial charge in [-0.2, -0.15) is 4.98 Å². The number of nitrogens with one attached hydrogen (secondary N) is 2. The number of carbonyl (C=O) groups excluding carboxylic acids is 1. The summed E-state index contributed by atoms with van der Waals surface area (Å²) in [6.07, 6.45) is 3.54. The Kier molecular flexibility index (Phi) is 5.98. The minimum absolute atomic E-state index is 0.362. The van der Waals surface area contributed by atoms with Crippen LogP contribution in [0.4, 0.5) is 16.2 Å². The summed E-state index contributed by atoms with van der Waals surface area (Å²) in [6.45, 7) is 3.70. The summed E-state index contributed by atoms with van der Waals surface area (Å²) >= 11 is 0. The highest BCUT2D eigenvalue weighted by Gasteiger charge is 2.09. The number of nitrogens with zero attached hydrogens (tertiary/aromatic N) is 4. The molecule has 2 amide bonds. The smallest absolute Gasteiger partial charge is 0.323 e. The summed E-state index contributed by atoms with van der Waals surface area (Å²) in [4.78, 5) is 25.3. The molecule has 2 heterocycles. The number of anilines is 2. The highest BCUT2D eigenvalue weighted by Crippen LogP contribution is 2.24. The number of aromatic nitrogens is 4. The summed E-state index contributed by atoms with van der Waals surface area (Å²) in [7, 11) is 1.57. The molecule has 2 aromatic carbocycles. The summed E-state index contributed by atoms with van der Waals surface area (Å²) in [5, 5.41) is 5.54. The number of amides is 2. The number of ether oxygens (including phenoxy) is 2. The Morgan fingerprint density at radius 3 is 2.44 bits per heavy atom. The third-order valence-corrected chi connectivity index (χ3v) is 4.54. The van der Waals surface area contributed by atoms with E-state index >= 15 is 0 Å². The number of rotatable bonds is 6. The van der Waals surface area contributed by atoms with Crippen LogP contribution in [0.25, 0.3) is 5.82 Å². The van der Waals surface area contributed by atoms with Gasteiger partial charge in [0.2, 0.25) is 5.88 Å². The van der Waals surface area contributed by atoms with Crippen molar-refractivity contribution >= 4 is 17.4 Å². The number of methoxy groups -OCH3 is 1. The van der Waals surface area contributed by atoms with E-state index in [2.05, 4.69) is 25.6 Å². The molecule has 162 valence electrons. The SMILES string of the molecule is COc1cccc(NC(=O)Nc2ccc(Oc3cc(-n4ccnc4C)nc(C)n3)cc2)c1. The zero-order valence-corrected chi connectivity index (χ0v) is 17.9. The number of carbonyl (C=O) groups is 1. The molecule has 4 aromatic rings. The lowest BCUT2D eigenvalue weighted by atomic mass is 10.3. The topological polar surface area (TPSA) is 103 Å². The largest absolute Gasteiger partial charge is 0.497 e. The lowest BCUT2D eigenvalue weighted by Gasteiger charge is -2.11. The normalized spacial score (nSPS) is 10.5.